The summed E-state index contributed by atoms with van der Waals surface area (Å²) in [6, 6.07) is 8.36. The van der Waals surface area contributed by atoms with Crippen molar-refractivity contribution in [2.45, 2.75) is 27.7 Å². The van der Waals surface area contributed by atoms with Crippen molar-refractivity contribution < 1.29 is 0 Å². The van der Waals surface area contributed by atoms with Crippen LogP contribution in [0.15, 0.2) is 24.3 Å². The number of benzene rings is 1. The van der Waals surface area contributed by atoms with Gasteiger partial charge in [-0.1, -0.05) is 38.1 Å². The van der Waals surface area contributed by atoms with Gasteiger partial charge in [-0.05, 0) is 25.0 Å². The first-order valence-electron chi connectivity index (χ1n) is 3.83. The zero-order chi connectivity index (χ0) is 7.98. The fraction of sp³-hybridized carbons (Fsp3) is 0.400. The molecule has 1 aromatic carbocycles. The average Bonchev–Trinajstić information content (AvgIpc) is 2.00. The van der Waals surface area contributed by atoms with Crippen molar-refractivity contribution >= 4 is 13.5 Å². The molecule has 0 aromatic heterocycles. The van der Waals surface area contributed by atoms with E-state index >= 15 is 0 Å². The summed E-state index contributed by atoms with van der Waals surface area (Å²) >= 11 is 0. The first-order chi connectivity index (χ1) is 4.80. The second-order valence-corrected chi connectivity index (χ2v) is 2.08. The summed E-state index contributed by atoms with van der Waals surface area (Å²) in [7, 11) is 0. The van der Waals surface area contributed by atoms with Crippen molar-refractivity contribution in [2.24, 2.45) is 0 Å². The van der Waals surface area contributed by atoms with Crippen LogP contribution in [-0.2, 0) is 0 Å². The predicted molar refractivity (Wildman–Crippen MR) is 57.6 cm³/mol. The standard InChI is InChI=1S/C8H10.C2H6.H2S/c1-7-5-3-4-6-8(7)2;1-2;/h3-6H,1-2H3;1-2H3;1H2. The molecule has 0 bridgehead atoms. The molecule has 0 saturated heterocycles. The quantitative estimate of drug-likeness (QED) is 0.559. The fourth-order valence-electron chi connectivity index (χ4n) is 0.663. The van der Waals surface area contributed by atoms with E-state index in [0.29, 0.717) is 0 Å². The van der Waals surface area contributed by atoms with Gasteiger partial charge in [-0.2, -0.15) is 13.5 Å². The van der Waals surface area contributed by atoms with E-state index in [1.807, 2.05) is 13.8 Å². The molecule has 0 amide bonds. The smallest absolute Gasteiger partial charge is 0.0395 e. The molecule has 0 saturated carbocycles. The van der Waals surface area contributed by atoms with Crippen LogP contribution < -0.4 is 0 Å². The van der Waals surface area contributed by atoms with Gasteiger partial charge >= 0.3 is 0 Å². The average molecular weight is 170 g/mol. The topological polar surface area (TPSA) is 0 Å². The first-order valence-corrected chi connectivity index (χ1v) is 3.83. The van der Waals surface area contributed by atoms with Crippen LogP contribution in [0.1, 0.15) is 25.0 Å². The third-order valence-electron chi connectivity index (χ3n) is 1.43. The monoisotopic (exact) mass is 170 g/mol. The Kier molecular flexibility index (Phi) is 9.20. The zero-order valence-corrected chi connectivity index (χ0v) is 8.81. The molecule has 64 valence electrons. The number of rotatable bonds is 0. The number of aryl methyl sites for hydroxylation is 2. The molecule has 0 aliphatic rings. The van der Waals surface area contributed by atoms with Gasteiger partial charge in [-0.25, -0.2) is 0 Å². The highest BCUT2D eigenvalue weighted by molar-refractivity contribution is 7.59. The molecule has 0 spiro atoms. The molecule has 0 heterocycles. The van der Waals surface area contributed by atoms with Crippen LogP contribution >= 0.6 is 13.5 Å². The van der Waals surface area contributed by atoms with E-state index in [0.717, 1.165) is 0 Å². The normalized spacial score (nSPS) is 7.27. The maximum absolute atomic E-state index is 2.12. The molecule has 0 aliphatic carbocycles. The first kappa shape index (κ1) is 13.2. The third-order valence-corrected chi connectivity index (χ3v) is 1.43. The van der Waals surface area contributed by atoms with Crippen molar-refractivity contribution in [3.63, 3.8) is 0 Å². The maximum Gasteiger partial charge on any atom is -0.0395 e. The van der Waals surface area contributed by atoms with E-state index in [1.165, 1.54) is 11.1 Å². The second kappa shape index (κ2) is 7.67. The van der Waals surface area contributed by atoms with E-state index in [-0.39, 0.29) is 13.5 Å². The lowest BCUT2D eigenvalue weighted by Crippen LogP contribution is -1.74. The highest BCUT2D eigenvalue weighted by Crippen LogP contribution is 2.02. The Morgan fingerprint density at radius 1 is 0.818 bits per heavy atom. The minimum atomic E-state index is 0. The minimum Gasteiger partial charge on any atom is -0.197 e. The summed E-state index contributed by atoms with van der Waals surface area (Å²) in [4.78, 5) is 0. The van der Waals surface area contributed by atoms with Crippen LogP contribution in [0.3, 0.4) is 0 Å². The Bertz CT molecular complexity index is 161. The maximum atomic E-state index is 2.12. The van der Waals surface area contributed by atoms with Crippen molar-refractivity contribution in [3.8, 4) is 0 Å². The Morgan fingerprint density at radius 2 is 1.09 bits per heavy atom. The number of hydrogen-bond donors (Lipinski definition) is 0. The van der Waals surface area contributed by atoms with Crippen molar-refractivity contribution in [1.29, 1.82) is 0 Å². The van der Waals surface area contributed by atoms with Crippen molar-refractivity contribution in [1.82, 2.24) is 0 Å². The highest BCUT2D eigenvalue weighted by atomic mass is 32.1. The molecule has 0 nitrogen and oxygen atoms in total. The van der Waals surface area contributed by atoms with E-state index in [2.05, 4.69) is 38.1 Å². The molecule has 0 atom stereocenters. The lowest BCUT2D eigenvalue weighted by atomic mass is 10.1. The Balaban J connectivity index is 0. The van der Waals surface area contributed by atoms with Gasteiger partial charge in [0.1, 0.15) is 0 Å². The van der Waals surface area contributed by atoms with Gasteiger partial charge < -0.3 is 0 Å². The molecule has 1 rings (SSSR count). The van der Waals surface area contributed by atoms with Crippen molar-refractivity contribution in [3.05, 3.63) is 35.4 Å². The van der Waals surface area contributed by atoms with Gasteiger partial charge in [-0.15, -0.1) is 0 Å². The summed E-state index contributed by atoms with van der Waals surface area (Å²) in [6.07, 6.45) is 0. The molecular weight excluding hydrogens is 152 g/mol. The summed E-state index contributed by atoms with van der Waals surface area (Å²) in [6.45, 7) is 8.24. The van der Waals surface area contributed by atoms with E-state index < -0.39 is 0 Å². The molecule has 0 radical (unpaired) electrons. The largest absolute Gasteiger partial charge is 0.197 e. The van der Waals surface area contributed by atoms with Gasteiger partial charge in [0.2, 0.25) is 0 Å². The van der Waals surface area contributed by atoms with Crippen LogP contribution in [-0.4, -0.2) is 0 Å². The van der Waals surface area contributed by atoms with Crippen LogP contribution in [0.25, 0.3) is 0 Å². The highest BCUT2D eigenvalue weighted by Gasteiger charge is 1.83. The molecule has 0 fully saturated rings. The number of hydrogen-bond acceptors (Lipinski definition) is 0. The minimum absolute atomic E-state index is 0. The van der Waals surface area contributed by atoms with Gasteiger partial charge in [0.15, 0.2) is 0 Å². The van der Waals surface area contributed by atoms with Gasteiger partial charge in [0, 0.05) is 0 Å². The van der Waals surface area contributed by atoms with Gasteiger partial charge in [-0.3, -0.25) is 0 Å². The lowest BCUT2D eigenvalue weighted by molar-refractivity contribution is 1.34. The predicted octanol–water partition coefficient (Wildman–Crippen LogP) is 3.44. The van der Waals surface area contributed by atoms with Crippen LogP contribution in [0.4, 0.5) is 0 Å². The Hall–Kier alpha value is -0.430. The summed E-state index contributed by atoms with van der Waals surface area (Å²) in [5.41, 5.74) is 2.74. The lowest BCUT2D eigenvalue weighted by Gasteiger charge is -1.93. The van der Waals surface area contributed by atoms with E-state index in [9.17, 15) is 0 Å². The Labute approximate surface area is 77.1 Å². The molecule has 0 unspecified atom stereocenters. The van der Waals surface area contributed by atoms with Crippen LogP contribution in [0.2, 0.25) is 0 Å². The molecule has 0 aliphatic heterocycles. The van der Waals surface area contributed by atoms with E-state index in [1.54, 1.807) is 0 Å². The molecule has 11 heavy (non-hydrogen) atoms. The fourth-order valence-corrected chi connectivity index (χ4v) is 0.663. The van der Waals surface area contributed by atoms with Crippen molar-refractivity contribution in [2.75, 3.05) is 0 Å². The summed E-state index contributed by atoms with van der Waals surface area (Å²) in [5, 5.41) is 0. The second-order valence-electron chi connectivity index (χ2n) is 2.08. The zero-order valence-electron chi connectivity index (χ0n) is 7.81. The SMILES string of the molecule is CC.Cc1ccccc1C.S. The molecule has 1 heteroatoms. The molecular formula is C10H18S. The molecule has 1 aromatic rings. The van der Waals surface area contributed by atoms with Crippen LogP contribution in [0, 0.1) is 13.8 Å². The summed E-state index contributed by atoms with van der Waals surface area (Å²) < 4.78 is 0. The van der Waals surface area contributed by atoms with Gasteiger partial charge in [0.05, 0.1) is 0 Å². The molecule has 0 N–H and O–H groups in total. The Morgan fingerprint density at radius 3 is 1.27 bits per heavy atom. The van der Waals surface area contributed by atoms with Gasteiger partial charge in [0.25, 0.3) is 0 Å². The van der Waals surface area contributed by atoms with E-state index in [4.69, 9.17) is 0 Å². The summed E-state index contributed by atoms with van der Waals surface area (Å²) in [5.74, 6) is 0. The van der Waals surface area contributed by atoms with Crippen LogP contribution in [0.5, 0.6) is 0 Å². The third kappa shape index (κ3) is 4.91.